The summed E-state index contributed by atoms with van der Waals surface area (Å²) in [5.41, 5.74) is 9.24. The Morgan fingerprint density at radius 1 is 1.10 bits per heavy atom. The van der Waals surface area contributed by atoms with E-state index in [0.717, 1.165) is 22.3 Å². The van der Waals surface area contributed by atoms with Crippen LogP contribution in [0.25, 0.3) is 16.5 Å². The molecule has 2 heterocycles. The third kappa shape index (κ3) is 3.32. The second-order valence-electron chi connectivity index (χ2n) is 7.79. The molecule has 0 unspecified atom stereocenters. The molecule has 1 aliphatic rings. The molecule has 0 aliphatic heterocycles. The van der Waals surface area contributed by atoms with Crippen LogP contribution in [0.15, 0.2) is 71.8 Å². The maximum Gasteiger partial charge on any atom is 0.264 e. The molecular formula is C25H22N4O. The van der Waals surface area contributed by atoms with E-state index in [9.17, 15) is 4.79 Å². The minimum Gasteiger partial charge on any atom is -0.323 e. The fraction of sp³-hybridized carbons (Fsp3) is 0.200. The Hall–Kier alpha value is -3.62. The third-order valence-electron chi connectivity index (χ3n) is 5.42. The molecule has 1 saturated carbocycles. The van der Waals surface area contributed by atoms with Crippen molar-refractivity contribution in [3.05, 3.63) is 94.2 Å². The molecular weight excluding hydrogens is 372 g/mol. The van der Waals surface area contributed by atoms with Crippen LogP contribution in [0.3, 0.4) is 0 Å². The number of pyridine rings is 1. The zero-order valence-corrected chi connectivity index (χ0v) is 16.7. The summed E-state index contributed by atoms with van der Waals surface area (Å²) in [5, 5.41) is 5.84. The summed E-state index contributed by atoms with van der Waals surface area (Å²) in [6.07, 6.45) is 6.12. The van der Waals surface area contributed by atoms with Crippen molar-refractivity contribution in [2.24, 2.45) is 5.73 Å². The van der Waals surface area contributed by atoms with Gasteiger partial charge >= 0.3 is 0 Å². The van der Waals surface area contributed by atoms with Gasteiger partial charge in [0.15, 0.2) is 0 Å². The highest BCUT2D eigenvalue weighted by Crippen LogP contribution is 2.33. The first kappa shape index (κ1) is 18.4. The van der Waals surface area contributed by atoms with Gasteiger partial charge in [-0.15, -0.1) is 0 Å². The summed E-state index contributed by atoms with van der Waals surface area (Å²) < 4.78 is 3.67. The van der Waals surface area contributed by atoms with Crippen molar-refractivity contribution in [1.29, 1.82) is 0 Å². The van der Waals surface area contributed by atoms with Crippen LogP contribution in [0, 0.1) is 11.8 Å². The fourth-order valence-electron chi connectivity index (χ4n) is 3.75. The molecule has 5 nitrogen and oxygen atoms in total. The molecule has 2 aromatic heterocycles. The van der Waals surface area contributed by atoms with Crippen LogP contribution in [0.4, 0.5) is 0 Å². The molecule has 1 fully saturated rings. The van der Waals surface area contributed by atoms with Gasteiger partial charge in [0.05, 0.1) is 23.2 Å². The van der Waals surface area contributed by atoms with Crippen LogP contribution in [-0.4, -0.2) is 14.3 Å². The molecule has 0 radical (unpaired) electrons. The lowest BCUT2D eigenvalue weighted by molar-refractivity contribution is 0.641. The number of para-hydroxylation sites is 1. The average molecular weight is 394 g/mol. The molecule has 0 bridgehead atoms. The predicted molar refractivity (Wildman–Crippen MR) is 119 cm³/mol. The smallest absolute Gasteiger partial charge is 0.264 e. The largest absolute Gasteiger partial charge is 0.323 e. The van der Waals surface area contributed by atoms with E-state index in [0.29, 0.717) is 17.0 Å². The highest BCUT2D eigenvalue weighted by Gasteiger charge is 2.24. The molecule has 2 N–H and O–H groups in total. The van der Waals surface area contributed by atoms with E-state index in [1.165, 1.54) is 12.8 Å². The average Bonchev–Trinajstić information content (AvgIpc) is 3.50. The Labute approximate surface area is 174 Å². The number of aromatic nitrogens is 3. The summed E-state index contributed by atoms with van der Waals surface area (Å²) in [6.45, 7) is 1.89. The summed E-state index contributed by atoms with van der Waals surface area (Å²) >= 11 is 0. The van der Waals surface area contributed by atoms with Crippen molar-refractivity contribution in [2.45, 2.75) is 31.8 Å². The van der Waals surface area contributed by atoms with Gasteiger partial charge in [0.1, 0.15) is 0 Å². The Kier molecular flexibility index (Phi) is 4.50. The number of hydrogen-bond donors (Lipinski definition) is 1. The van der Waals surface area contributed by atoms with E-state index in [1.807, 2.05) is 72.4 Å². The van der Waals surface area contributed by atoms with E-state index >= 15 is 0 Å². The molecule has 2 aromatic carbocycles. The number of fused-ring (bicyclic) bond motifs is 1. The number of hydrogen-bond acceptors (Lipinski definition) is 3. The van der Waals surface area contributed by atoms with Gasteiger partial charge in [0.25, 0.3) is 5.56 Å². The molecule has 5 heteroatoms. The van der Waals surface area contributed by atoms with E-state index in [1.54, 1.807) is 10.8 Å². The second kappa shape index (κ2) is 7.33. The van der Waals surface area contributed by atoms with E-state index in [2.05, 4.69) is 16.9 Å². The van der Waals surface area contributed by atoms with E-state index in [-0.39, 0.29) is 11.6 Å². The van der Waals surface area contributed by atoms with Crippen LogP contribution in [0.2, 0.25) is 0 Å². The standard InChI is InChI=1S/C25H22N4O/c1-17(26)23-14-20-7-5-6-19(11-10-18-15-27-28(16-18)21-12-13-21)24(20)25(30)29(23)22-8-3-2-4-9-22/h2-9,14-17,21H,12-13,26H2,1H3/t17-/m0/s1. The first-order valence-corrected chi connectivity index (χ1v) is 10.2. The first-order chi connectivity index (χ1) is 14.6. The summed E-state index contributed by atoms with van der Waals surface area (Å²) in [6, 6.07) is 17.6. The lowest BCUT2D eigenvalue weighted by atomic mass is 10.0. The van der Waals surface area contributed by atoms with E-state index < -0.39 is 0 Å². The minimum atomic E-state index is -0.287. The summed E-state index contributed by atoms with van der Waals surface area (Å²) in [4.78, 5) is 13.6. The van der Waals surface area contributed by atoms with Crippen molar-refractivity contribution >= 4 is 10.8 Å². The topological polar surface area (TPSA) is 65.8 Å². The van der Waals surface area contributed by atoms with Crippen LogP contribution in [0.5, 0.6) is 0 Å². The Morgan fingerprint density at radius 3 is 2.63 bits per heavy atom. The van der Waals surface area contributed by atoms with Crippen molar-refractivity contribution in [3.63, 3.8) is 0 Å². The van der Waals surface area contributed by atoms with Crippen LogP contribution in [-0.2, 0) is 0 Å². The van der Waals surface area contributed by atoms with Gasteiger partial charge in [-0.25, -0.2) is 0 Å². The molecule has 148 valence electrons. The Bertz CT molecular complexity index is 1350. The molecule has 1 aliphatic carbocycles. The van der Waals surface area contributed by atoms with Gasteiger partial charge in [-0.1, -0.05) is 42.2 Å². The van der Waals surface area contributed by atoms with Crippen molar-refractivity contribution in [1.82, 2.24) is 14.3 Å². The normalized spacial score (nSPS) is 14.3. The van der Waals surface area contributed by atoms with Crippen molar-refractivity contribution in [3.8, 4) is 17.5 Å². The Morgan fingerprint density at radius 2 is 1.90 bits per heavy atom. The van der Waals surface area contributed by atoms with E-state index in [4.69, 9.17) is 5.73 Å². The number of nitrogens with two attached hydrogens (primary N) is 1. The number of rotatable bonds is 3. The van der Waals surface area contributed by atoms with Gasteiger partial charge in [-0.2, -0.15) is 5.10 Å². The zero-order chi connectivity index (χ0) is 20.7. The summed E-state index contributed by atoms with van der Waals surface area (Å²) in [5.74, 6) is 6.37. The lowest BCUT2D eigenvalue weighted by Crippen LogP contribution is -2.26. The molecule has 0 amide bonds. The van der Waals surface area contributed by atoms with Crippen LogP contribution >= 0.6 is 0 Å². The van der Waals surface area contributed by atoms with Gasteiger partial charge in [-0.05, 0) is 49.4 Å². The van der Waals surface area contributed by atoms with Crippen molar-refractivity contribution < 1.29 is 0 Å². The Balaban J connectivity index is 1.69. The molecule has 5 rings (SSSR count). The minimum absolute atomic E-state index is 0.107. The zero-order valence-electron chi connectivity index (χ0n) is 16.7. The second-order valence-corrected chi connectivity index (χ2v) is 7.79. The quantitative estimate of drug-likeness (QED) is 0.535. The molecule has 30 heavy (non-hydrogen) atoms. The fourth-order valence-corrected chi connectivity index (χ4v) is 3.75. The van der Waals surface area contributed by atoms with Crippen LogP contribution < -0.4 is 11.3 Å². The third-order valence-corrected chi connectivity index (χ3v) is 5.42. The summed E-state index contributed by atoms with van der Waals surface area (Å²) in [7, 11) is 0. The highest BCUT2D eigenvalue weighted by atomic mass is 16.1. The van der Waals surface area contributed by atoms with Gasteiger partial charge in [-0.3, -0.25) is 14.0 Å². The molecule has 0 saturated heterocycles. The van der Waals surface area contributed by atoms with Crippen molar-refractivity contribution in [2.75, 3.05) is 0 Å². The van der Waals surface area contributed by atoms with Gasteiger partial charge in [0, 0.05) is 29.2 Å². The predicted octanol–water partition coefficient (Wildman–Crippen LogP) is 3.94. The molecule has 1 atom stereocenters. The monoisotopic (exact) mass is 394 g/mol. The van der Waals surface area contributed by atoms with Gasteiger partial charge < -0.3 is 5.73 Å². The molecule has 0 spiro atoms. The van der Waals surface area contributed by atoms with Crippen LogP contribution in [0.1, 0.15) is 48.7 Å². The number of benzene rings is 2. The lowest BCUT2D eigenvalue weighted by Gasteiger charge is -2.17. The maximum absolute atomic E-state index is 13.6. The molecule has 4 aromatic rings. The number of nitrogens with zero attached hydrogens (tertiary/aromatic N) is 3. The SMILES string of the molecule is C[C@H](N)c1cc2cccc(C#Cc3cnn(C4CC4)c3)c2c(=O)n1-c1ccccc1. The highest BCUT2D eigenvalue weighted by molar-refractivity contribution is 5.88. The van der Waals surface area contributed by atoms with Gasteiger partial charge in [0.2, 0.25) is 0 Å². The first-order valence-electron chi connectivity index (χ1n) is 10.2. The maximum atomic E-state index is 13.6.